The van der Waals surface area contributed by atoms with Crippen molar-refractivity contribution in [1.82, 2.24) is 5.32 Å². The van der Waals surface area contributed by atoms with Gasteiger partial charge < -0.3 is 10.1 Å². The van der Waals surface area contributed by atoms with Crippen LogP contribution in [0.1, 0.15) is 44.2 Å². The maximum Gasteiger partial charge on any atom is 0.0779 e. The van der Waals surface area contributed by atoms with Gasteiger partial charge in [-0.05, 0) is 52.0 Å². The maximum absolute atomic E-state index is 5.81. The molecule has 2 nitrogen and oxygen atoms in total. The number of hydrogen-bond donors (Lipinski definition) is 1. The van der Waals surface area contributed by atoms with E-state index in [0.29, 0.717) is 6.04 Å². The van der Waals surface area contributed by atoms with Crippen LogP contribution in [0.15, 0.2) is 24.3 Å². The Kier molecular flexibility index (Phi) is 5.00. The minimum atomic E-state index is 0.0671. The van der Waals surface area contributed by atoms with Gasteiger partial charge in [-0.1, -0.05) is 29.8 Å². The van der Waals surface area contributed by atoms with E-state index in [1.807, 2.05) is 0 Å². The van der Waals surface area contributed by atoms with Crippen LogP contribution in [0.2, 0.25) is 0 Å². The Bertz CT molecular complexity index is 396. The lowest BCUT2D eigenvalue weighted by atomic mass is 10.0. The van der Waals surface area contributed by atoms with Crippen molar-refractivity contribution in [3.63, 3.8) is 0 Å². The zero-order valence-corrected chi connectivity index (χ0v) is 12.5. The monoisotopic (exact) mass is 261 g/mol. The third-order valence-corrected chi connectivity index (χ3v) is 4.07. The fraction of sp³-hybridized carbons (Fsp3) is 0.647. The highest BCUT2D eigenvalue weighted by Gasteiger charge is 2.29. The number of rotatable bonds is 6. The predicted molar refractivity (Wildman–Crippen MR) is 80.6 cm³/mol. The molecule has 1 fully saturated rings. The second-order valence-electron chi connectivity index (χ2n) is 6.21. The summed E-state index contributed by atoms with van der Waals surface area (Å²) in [6.45, 7) is 8.55. The van der Waals surface area contributed by atoms with Crippen LogP contribution in [0.5, 0.6) is 0 Å². The van der Waals surface area contributed by atoms with Gasteiger partial charge in [0.05, 0.1) is 5.60 Å². The third kappa shape index (κ3) is 4.63. The SMILES string of the molecule is Cc1cccc(CCC(C)NCC2(C)CCCO2)c1. The van der Waals surface area contributed by atoms with Crippen LogP contribution in [-0.4, -0.2) is 24.8 Å². The number of ether oxygens (including phenoxy) is 1. The normalized spacial score (nSPS) is 24.6. The van der Waals surface area contributed by atoms with Crippen LogP contribution < -0.4 is 5.32 Å². The molecule has 1 saturated heterocycles. The van der Waals surface area contributed by atoms with Crippen molar-refractivity contribution in [2.75, 3.05) is 13.2 Å². The zero-order chi connectivity index (χ0) is 13.7. The molecule has 1 heterocycles. The molecule has 1 N–H and O–H groups in total. The molecule has 0 aliphatic carbocycles. The van der Waals surface area contributed by atoms with Crippen molar-refractivity contribution in [2.45, 2.75) is 58.1 Å². The first-order valence-electron chi connectivity index (χ1n) is 7.50. The summed E-state index contributed by atoms with van der Waals surface area (Å²) in [6.07, 6.45) is 4.72. The number of nitrogens with one attached hydrogen (secondary N) is 1. The molecule has 2 atom stereocenters. The Labute approximate surface area is 117 Å². The molecule has 0 amide bonds. The zero-order valence-electron chi connectivity index (χ0n) is 12.5. The van der Waals surface area contributed by atoms with E-state index in [-0.39, 0.29) is 5.60 Å². The first-order chi connectivity index (χ1) is 9.07. The molecule has 2 unspecified atom stereocenters. The molecule has 0 saturated carbocycles. The summed E-state index contributed by atoms with van der Waals surface area (Å²) in [5, 5.41) is 3.62. The van der Waals surface area contributed by atoms with E-state index in [1.54, 1.807) is 0 Å². The quantitative estimate of drug-likeness (QED) is 0.846. The highest BCUT2D eigenvalue weighted by molar-refractivity contribution is 5.22. The van der Waals surface area contributed by atoms with Gasteiger partial charge in [-0.3, -0.25) is 0 Å². The van der Waals surface area contributed by atoms with Gasteiger partial charge in [0, 0.05) is 19.2 Å². The van der Waals surface area contributed by atoms with Gasteiger partial charge in [0.2, 0.25) is 0 Å². The van der Waals surface area contributed by atoms with E-state index in [4.69, 9.17) is 4.74 Å². The van der Waals surface area contributed by atoms with Gasteiger partial charge in [0.25, 0.3) is 0 Å². The van der Waals surface area contributed by atoms with Crippen molar-refractivity contribution in [3.8, 4) is 0 Å². The molecule has 1 aromatic rings. The van der Waals surface area contributed by atoms with Gasteiger partial charge >= 0.3 is 0 Å². The van der Waals surface area contributed by atoms with Gasteiger partial charge in [-0.2, -0.15) is 0 Å². The molecule has 1 aliphatic rings. The summed E-state index contributed by atoms with van der Waals surface area (Å²) < 4.78 is 5.81. The third-order valence-electron chi connectivity index (χ3n) is 4.07. The van der Waals surface area contributed by atoms with Crippen LogP contribution in [0.3, 0.4) is 0 Å². The van der Waals surface area contributed by atoms with Crippen LogP contribution in [0.4, 0.5) is 0 Å². The molecule has 106 valence electrons. The summed E-state index contributed by atoms with van der Waals surface area (Å²) in [7, 11) is 0. The minimum absolute atomic E-state index is 0.0671. The topological polar surface area (TPSA) is 21.3 Å². The molecular formula is C17H27NO. The van der Waals surface area contributed by atoms with Crippen LogP contribution in [-0.2, 0) is 11.2 Å². The Morgan fingerprint density at radius 3 is 2.95 bits per heavy atom. The number of benzene rings is 1. The standard InChI is InChI=1S/C17H27NO/c1-14-6-4-7-16(12-14)9-8-15(2)18-13-17(3)10-5-11-19-17/h4,6-7,12,15,18H,5,8-11,13H2,1-3H3. The van der Waals surface area contributed by atoms with E-state index in [9.17, 15) is 0 Å². The van der Waals surface area contributed by atoms with Crippen molar-refractivity contribution >= 4 is 0 Å². The van der Waals surface area contributed by atoms with Crippen LogP contribution >= 0.6 is 0 Å². The Hall–Kier alpha value is -0.860. The molecule has 0 bridgehead atoms. The van der Waals surface area contributed by atoms with Crippen molar-refractivity contribution in [3.05, 3.63) is 35.4 Å². The Morgan fingerprint density at radius 1 is 1.42 bits per heavy atom. The molecule has 2 heteroatoms. The molecule has 1 aromatic carbocycles. The average Bonchev–Trinajstić information content (AvgIpc) is 2.82. The van der Waals surface area contributed by atoms with E-state index in [0.717, 1.165) is 19.6 Å². The van der Waals surface area contributed by atoms with E-state index in [1.165, 1.54) is 30.4 Å². The first kappa shape index (κ1) is 14.5. The lowest BCUT2D eigenvalue weighted by Crippen LogP contribution is -2.41. The maximum atomic E-state index is 5.81. The lowest BCUT2D eigenvalue weighted by molar-refractivity contribution is 0.0190. The number of hydrogen-bond acceptors (Lipinski definition) is 2. The molecule has 19 heavy (non-hydrogen) atoms. The van der Waals surface area contributed by atoms with Crippen LogP contribution in [0.25, 0.3) is 0 Å². The summed E-state index contributed by atoms with van der Waals surface area (Å²) in [5.74, 6) is 0. The Balaban J connectivity index is 1.71. The average molecular weight is 261 g/mol. The first-order valence-corrected chi connectivity index (χ1v) is 7.50. The van der Waals surface area contributed by atoms with Crippen molar-refractivity contribution < 1.29 is 4.74 Å². The fourth-order valence-corrected chi connectivity index (χ4v) is 2.72. The summed E-state index contributed by atoms with van der Waals surface area (Å²) in [5.41, 5.74) is 2.86. The molecule has 1 aliphatic heterocycles. The van der Waals surface area contributed by atoms with Crippen molar-refractivity contribution in [1.29, 1.82) is 0 Å². The fourth-order valence-electron chi connectivity index (χ4n) is 2.72. The molecule has 0 spiro atoms. The summed E-state index contributed by atoms with van der Waals surface area (Å²) in [6, 6.07) is 9.36. The summed E-state index contributed by atoms with van der Waals surface area (Å²) in [4.78, 5) is 0. The van der Waals surface area contributed by atoms with Crippen LogP contribution in [0, 0.1) is 6.92 Å². The van der Waals surface area contributed by atoms with Crippen molar-refractivity contribution in [2.24, 2.45) is 0 Å². The van der Waals surface area contributed by atoms with Gasteiger partial charge in [0.1, 0.15) is 0 Å². The smallest absolute Gasteiger partial charge is 0.0779 e. The molecule has 0 radical (unpaired) electrons. The molecule has 2 rings (SSSR count). The van der Waals surface area contributed by atoms with E-state index >= 15 is 0 Å². The van der Waals surface area contributed by atoms with E-state index < -0.39 is 0 Å². The molecule has 0 aromatic heterocycles. The highest BCUT2D eigenvalue weighted by Crippen LogP contribution is 2.24. The predicted octanol–water partition coefficient (Wildman–Crippen LogP) is 3.47. The van der Waals surface area contributed by atoms with Gasteiger partial charge in [0.15, 0.2) is 0 Å². The van der Waals surface area contributed by atoms with E-state index in [2.05, 4.69) is 50.4 Å². The molecular weight excluding hydrogens is 234 g/mol. The number of aryl methyl sites for hydroxylation is 2. The summed E-state index contributed by atoms with van der Waals surface area (Å²) >= 11 is 0. The Morgan fingerprint density at radius 2 is 2.26 bits per heavy atom. The second-order valence-corrected chi connectivity index (χ2v) is 6.21. The van der Waals surface area contributed by atoms with Gasteiger partial charge in [-0.15, -0.1) is 0 Å². The van der Waals surface area contributed by atoms with Gasteiger partial charge in [-0.25, -0.2) is 0 Å². The second kappa shape index (κ2) is 6.53. The lowest BCUT2D eigenvalue weighted by Gasteiger charge is -2.26. The minimum Gasteiger partial charge on any atom is -0.374 e. The largest absolute Gasteiger partial charge is 0.374 e. The highest BCUT2D eigenvalue weighted by atomic mass is 16.5.